The lowest BCUT2D eigenvalue weighted by atomic mass is 9.87. The number of pyridine rings is 1. The van der Waals surface area contributed by atoms with Crippen LogP contribution in [0, 0.1) is 17.2 Å². The average Bonchev–Trinajstić information content (AvgIpc) is 3.41. The number of hydrogen-bond acceptors (Lipinski definition) is 5. The predicted molar refractivity (Wildman–Crippen MR) is 113 cm³/mol. The highest BCUT2D eigenvalue weighted by Gasteiger charge is 2.23. The van der Waals surface area contributed by atoms with E-state index in [1.165, 1.54) is 0 Å². The van der Waals surface area contributed by atoms with Crippen molar-refractivity contribution in [3.8, 4) is 17.5 Å². The van der Waals surface area contributed by atoms with E-state index in [1.807, 2.05) is 33.6 Å². The molecule has 0 aliphatic heterocycles. The van der Waals surface area contributed by atoms with Crippen molar-refractivity contribution >= 4 is 28.2 Å². The molecular formula is C23H21N5O2. The van der Waals surface area contributed by atoms with Gasteiger partial charge in [0, 0.05) is 41.3 Å². The lowest BCUT2D eigenvalue weighted by Crippen LogP contribution is -2.19. The van der Waals surface area contributed by atoms with Crippen LogP contribution in [0.25, 0.3) is 27.6 Å². The fourth-order valence-corrected chi connectivity index (χ4v) is 4.38. The number of carbonyl (C=O) groups excluding carboxylic acids is 1. The van der Waals surface area contributed by atoms with Gasteiger partial charge >= 0.3 is 0 Å². The van der Waals surface area contributed by atoms with Crippen LogP contribution in [0.5, 0.6) is 5.75 Å². The average molecular weight is 399 g/mol. The molecule has 0 N–H and O–H groups in total. The lowest BCUT2D eigenvalue weighted by Gasteiger charge is -2.25. The van der Waals surface area contributed by atoms with Gasteiger partial charge in [0.1, 0.15) is 23.8 Å². The molecule has 7 heteroatoms. The molecule has 1 aliphatic carbocycles. The molecule has 0 saturated heterocycles. The van der Waals surface area contributed by atoms with Crippen LogP contribution < -0.4 is 4.74 Å². The summed E-state index contributed by atoms with van der Waals surface area (Å²) in [6.45, 7) is 0. The number of rotatable bonds is 4. The fraction of sp³-hybridized carbons (Fsp3) is 0.304. The third-order valence-electron chi connectivity index (χ3n) is 6.05. The van der Waals surface area contributed by atoms with Crippen molar-refractivity contribution in [1.29, 1.82) is 5.26 Å². The summed E-state index contributed by atoms with van der Waals surface area (Å²) in [7, 11) is 1.65. The third-order valence-corrected chi connectivity index (χ3v) is 6.05. The highest BCUT2D eigenvalue weighted by atomic mass is 16.5. The van der Waals surface area contributed by atoms with E-state index in [-0.39, 0.29) is 5.92 Å². The normalized spacial score (nSPS) is 19.1. The minimum atomic E-state index is 0.189. The monoisotopic (exact) mass is 399 g/mol. The van der Waals surface area contributed by atoms with Gasteiger partial charge in [0.15, 0.2) is 0 Å². The summed E-state index contributed by atoms with van der Waals surface area (Å²) in [6, 6.07) is 10.2. The number of methoxy groups -OCH3 is 1. The smallest absolute Gasteiger partial charge is 0.145 e. The summed E-state index contributed by atoms with van der Waals surface area (Å²) in [5.74, 6) is 0.898. The van der Waals surface area contributed by atoms with Crippen molar-refractivity contribution in [3.05, 3.63) is 48.4 Å². The van der Waals surface area contributed by atoms with Crippen molar-refractivity contribution in [1.82, 2.24) is 19.3 Å². The van der Waals surface area contributed by atoms with Crippen LogP contribution in [0.15, 0.2) is 42.9 Å². The number of benzene rings is 1. The highest BCUT2D eigenvalue weighted by molar-refractivity contribution is 5.86. The molecule has 7 nitrogen and oxygen atoms in total. The molecule has 1 saturated carbocycles. The van der Waals surface area contributed by atoms with Gasteiger partial charge in [-0.25, -0.2) is 4.98 Å². The zero-order valence-corrected chi connectivity index (χ0v) is 16.7. The van der Waals surface area contributed by atoms with E-state index in [1.54, 1.807) is 13.3 Å². The molecule has 4 aromatic rings. The van der Waals surface area contributed by atoms with Crippen LogP contribution in [0.1, 0.15) is 37.3 Å². The molecule has 0 spiro atoms. The predicted octanol–water partition coefficient (Wildman–Crippen LogP) is 4.19. The SMILES string of the molecule is COc1cc2nn(C3CCC(C=O)CC3)cc2cc1-n1ccc2cc(C#N)cnc21. The zero-order valence-electron chi connectivity index (χ0n) is 16.7. The van der Waals surface area contributed by atoms with Crippen molar-refractivity contribution in [2.45, 2.75) is 31.7 Å². The Morgan fingerprint density at radius 3 is 2.77 bits per heavy atom. The third kappa shape index (κ3) is 3.01. The minimum Gasteiger partial charge on any atom is -0.494 e. The lowest BCUT2D eigenvalue weighted by molar-refractivity contribution is -0.112. The number of nitriles is 1. The Kier molecular flexibility index (Phi) is 4.47. The van der Waals surface area contributed by atoms with Crippen LogP contribution >= 0.6 is 0 Å². The summed E-state index contributed by atoms with van der Waals surface area (Å²) < 4.78 is 9.68. The van der Waals surface area contributed by atoms with Gasteiger partial charge in [0.2, 0.25) is 0 Å². The molecule has 150 valence electrons. The Labute approximate surface area is 173 Å². The summed E-state index contributed by atoms with van der Waals surface area (Å²) in [4.78, 5) is 15.5. The van der Waals surface area contributed by atoms with E-state index in [0.29, 0.717) is 17.4 Å². The first kappa shape index (κ1) is 18.4. The summed E-state index contributed by atoms with van der Waals surface area (Å²) >= 11 is 0. The summed E-state index contributed by atoms with van der Waals surface area (Å²) in [5, 5.41) is 15.8. The van der Waals surface area contributed by atoms with Crippen LogP contribution in [0.3, 0.4) is 0 Å². The number of aldehydes is 1. The molecular weight excluding hydrogens is 378 g/mol. The molecule has 1 fully saturated rings. The number of carbonyl (C=O) groups is 1. The van der Waals surface area contributed by atoms with Crippen LogP contribution in [0.4, 0.5) is 0 Å². The molecule has 0 atom stereocenters. The number of hydrogen-bond donors (Lipinski definition) is 0. The Bertz CT molecular complexity index is 1290. The van der Waals surface area contributed by atoms with Gasteiger partial charge in [0.05, 0.1) is 29.9 Å². The Hall–Kier alpha value is -3.66. The molecule has 3 aromatic heterocycles. The van der Waals surface area contributed by atoms with Crippen molar-refractivity contribution in [3.63, 3.8) is 0 Å². The van der Waals surface area contributed by atoms with Gasteiger partial charge in [-0.3, -0.25) is 9.25 Å². The molecule has 5 rings (SSSR count). The fourth-order valence-electron chi connectivity index (χ4n) is 4.38. The molecule has 1 aromatic carbocycles. The maximum Gasteiger partial charge on any atom is 0.145 e. The molecule has 0 radical (unpaired) electrons. The Morgan fingerprint density at radius 1 is 1.20 bits per heavy atom. The first-order valence-electron chi connectivity index (χ1n) is 10.1. The van der Waals surface area contributed by atoms with Crippen molar-refractivity contribution in [2.24, 2.45) is 5.92 Å². The van der Waals surface area contributed by atoms with E-state index in [2.05, 4.69) is 23.3 Å². The minimum absolute atomic E-state index is 0.189. The summed E-state index contributed by atoms with van der Waals surface area (Å²) in [6.07, 6.45) is 10.5. The number of aromatic nitrogens is 4. The first-order valence-corrected chi connectivity index (χ1v) is 10.1. The van der Waals surface area contributed by atoms with E-state index >= 15 is 0 Å². The van der Waals surface area contributed by atoms with Crippen LogP contribution in [0.2, 0.25) is 0 Å². The summed E-state index contributed by atoms with van der Waals surface area (Å²) in [5.41, 5.74) is 3.06. The number of nitrogens with zero attached hydrogens (tertiary/aromatic N) is 5. The second kappa shape index (κ2) is 7.30. The molecule has 3 heterocycles. The van der Waals surface area contributed by atoms with Crippen molar-refractivity contribution in [2.75, 3.05) is 7.11 Å². The second-order valence-corrected chi connectivity index (χ2v) is 7.83. The van der Waals surface area contributed by atoms with Gasteiger partial charge in [-0.15, -0.1) is 0 Å². The van der Waals surface area contributed by atoms with Gasteiger partial charge in [-0.2, -0.15) is 10.4 Å². The van der Waals surface area contributed by atoms with Gasteiger partial charge in [0.25, 0.3) is 0 Å². The van der Waals surface area contributed by atoms with Gasteiger partial charge in [-0.1, -0.05) is 0 Å². The molecule has 0 unspecified atom stereocenters. The zero-order chi connectivity index (χ0) is 20.7. The molecule has 0 amide bonds. The molecule has 30 heavy (non-hydrogen) atoms. The van der Waals surface area contributed by atoms with Crippen LogP contribution in [-0.4, -0.2) is 32.7 Å². The largest absolute Gasteiger partial charge is 0.494 e. The molecule has 1 aliphatic rings. The highest BCUT2D eigenvalue weighted by Crippen LogP contribution is 2.34. The van der Waals surface area contributed by atoms with E-state index < -0.39 is 0 Å². The second-order valence-electron chi connectivity index (χ2n) is 7.83. The standard InChI is InChI=1S/C23H21N5O2/c1-30-22-10-20-18(13-28(26-20)19-4-2-15(14-29)3-5-19)9-21(22)27-7-6-17-8-16(11-24)12-25-23(17)27/h6-10,12-15,19H,2-5H2,1H3. The first-order chi connectivity index (χ1) is 14.7. The van der Waals surface area contributed by atoms with Crippen LogP contribution in [-0.2, 0) is 4.79 Å². The molecule has 0 bridgehead atoms. The number of fused-ring (bicyclic) bond motifs is 2. The van der Waals surface area contributed by atoms with Gasteiger partial charge in [-0.05, 0) is 43.9 Å². The maximum absolute atomic E-state index is 11.0. The Morgan fingerprint density at radius 2 is 2.03 bits per heavy atom. The quantitative estimate of drug-likeness (QED) is 0.481. The number of ether oxygens (including phenoxy) is 1. The maximum atomic E-state index is 11.0. The topological polar surface area (TPSA) is 85.7 Å². The van der Waals surface area contributed by atoms with Gasteiger partial charge < -0.3 is 9.53 Å². The Balaban J connectivity index is 1.56. The van der Waals surface area contributed by atoms with E-state index in [4.69, 9.17) is 15.1 Å². The van der Waals surface area contributed by atoms with Crippen molar-refractivity contribution < 1.29 is 9.53 Å². The van der Waals surface area contributed by atoms with E-state index in [9.17, 15) is 4.79 Å². The van der Waals surface area contributed by atoms with E-state index in [0.717, 1.165) is 59.6 Å².